The van der Waals surface area contributed by atoms with Gasteiger partial charge in [-0.2, -0.15) is 0 Å². The molecular weight excluding hydrogens is 572 g/mol. The molecule has 0 bridgehead atoms. The van der Waals surface area contributed by atoms with Gasteiger partial charge >= 0.3 is 5.97 Å². The smallest absolute Gasteiger partial charge is 0.331 e. The number of nitrogens with two attached hydrogens (primary N) is 2. The lowest BCUT2D eigenvalue weighted by atomic mass is 9.88. The second-order valence-corrected chi connectivity index (χ2v) is 16.6. The Labute approximate surface area is 254 Å². The molecule has 0 spiro atoms. The van der Waals surface area contributed by atoms with Gasteiger partial charge in [-0.25, -0.2) is 4.79 Å². The maximum absolute atomic E-state index is 11.7. The predicted octanol–water partition coefficient (Wildman–Crippen LogP) is -0.238. The average Bonchev–Trinajstić information content (AvgIpc) is 3.00. The SMILES string of the molecule is COC(=O)CO[C@@H]1C(N)C(OC2[C@@H](O[Si](c3ccccc3)(c3ccccc3)C(C)(C)C)[C@@H](N)CC[C@@H]2O)OC(CO)[C@@H]1O. The van der Waals surface area contributed by atoms with Gasteiger partial charge in [0.25, 0.3) is 8.32 Å². The summed E-state index contributed by atoms with van der Waals surface area (Å²) in [6.07, 6.45) is -6.62. The van der Waals surface area contributed by atoms with E-state index in [1.165, 1.54) is 7.11 Å². The standard InChI is InChI=1S/C31H46N2O9Si/c1-31(2,3)43(19-11-7-5-8-12-19,20-13-9-6-10-14-20)42-27-21(32)15-16-22(35)28(27)41-30-25(33)29(39-18-24(36)38-4)26(37)23(17-34)40-30/h5-14,21-23,25-30,34-35,37H,15-18,32-33H2,1-4H3/t21-,22-,23?,25?,26-,27-,28?,29+,30?/m0/s1. The average molecular weight is 619 g/mol. The molecule has 11 nitrogen and oxygen atoms in total. The Kier molecular flexibility index (Phi) is 11.2. The van der Waals surface area contributed by atoms with Gasteiger partial charge in [0.1, 0.15) is 31.0 Å². The molecule has 238 valence electrons. The number of rotatable bonds is 10. The summed E-state index contributed by atoms with van der Waals surface area (Å²) in [7, 11) is -1.89. The third kappa shape index (κ3) is 7.04. The molecule has 0 amide bonds. The molecule has 1 saturated carbocycles. The minimum Gasteiger partial charge on any atom is -0.467 e. The van der Waals surface area contributed by atoms with Crippen LogP contribution in [0, 0.1) is 0 Å². The Hall–Kier alpha value is -2.23. The van der Waals surface area contributed by atoms with Crippen molar-refractivity contribution in [2.24, 2.45) is 11.5 Å². The van der Waals surface area contributed by atoms with E-state index in [-0.39, 0.29) is 5.04 Å². The molecular formula is C31H46N2O9Si. The highest BCUT2D eigenvalue weighted by molar-refractivity contribution is 6.99. The van der Waals surface area contributed by atoms with Gasteiger partial charge in [0.2, 0.25) is 0 Å². The maximum Gasteiger partial charge on any atom is 0.331 e. The Balaban J connectivity index is 1.72. The number of aliphatic hydroxyl groups is 3. The van der Waals surface area contributed by atoms with Gasteiger partial charge in [-0.05, 0) is 28.3 Å². The summed E-state index contributed by atoms with van der Waals surface area (Å²) in [5, 5.41) is 33.8. The van der Waals surface area contributed by atoms with Crippen LogP contribution in [0.15, 0.2) is 60.7 Å². The summed E-state index contributed by atoms with van der Waals surface area (Å²) >= 11 is 0. The number of carbonyl (C=O) groups excluding carboxylic acids is 1. The molecule has 4 unspecified atom stereocenters. The molecule has 1 aliphatic heterocycles. The van der Waals surface area contributed by atoms with Crippen LogP contribution >= 0.6 is 0 Å². The van der Waals surface area contributed by atoms with Crippen molar-refractivity contribution in [3.8, 4) is 0 Å². The predicted molar refractivity (Wildman–Crippen MR) is 162 cm³/mol. The number of methoxy groups -OCH3 is 1. The van der Waals surface area contributed by atoms with Crippen LogP contribution < -0.4 is 21.8 Å². The van der Waals surface area contributed by atoms with Crippen LogP contribution in [-0.4, -0.2) is 105 Å². The van der Waals surface area contributed by atoms with Gasteiger partial charge in [-0.15, -0.1) is 0 Å². The van der Waals surface area contributed by atoms with Crippen molar-refractivity contribution in [3.63, 3.8) is 0 Å². The van der Waals surface area contributed by atoms with Crippen LogP contribution in [-0.2, 0) is 28.2 Å². The lowest BCUT2D eigenvalue weighted by Crippen LogP contribution is -2.72. The zero-order valence-electron chi connectivity index (χ0n) is 25.2. The van der Waals surface area contributed by atoms with Crippen molar-refractivity contribution < 1.29 is 43.5 Å². The molecule has 4 rings (SSSR count). The number of ether oxygens (including phenoxy) is 4. The molecule has 2 aromatic rings. The van der Waals surface area contributed by atoms with Gasteiger partial charge < -0.3 is 50.2 Å². The number of benzene rings is 2. The molecule has 2 fully saturated rings. The number of esters is 1. The van der Waals surface area contributed by atoms with Gasteiger partial charge in [-0.3, -0.25) is 0 Å². The number of carbonyl (C=O) groups is 1. The first-order chi connectivity index (χ1) is 20.4. The summed E-state index contributed by atoms with van der Waals surface area (Å²) in [6, 6.07) is 18.6. The highest BCUT2D eigenvalue weighted by Gasteiger charge is 2.55. The molecule has 1 heterocycles. The normalized spacial score (nSPS) is 31.9. The van der Waals surface area contributed by atoms with Gasteiger partial charge in [0, 0.05) is 6.04 Å². The Bertz CT molecular complexity index is 1130. The molecule has 43 heavy (non-hydrogen) atoms. The second kappa shape index (κ2) is 14.2. The Morgan fingerprint density at radius 2 is 1.53 bits per heavy atom. The van der Waals surface area contributed by atoms with E-state index in [9.17, 15) is 20.1 Å². The highest BCUT2D eigenvalue weighted by atomic mass is 28.4. The Morgan fingerprint density at radius 3 is 2.05 bits per heavy atom. The van der Waals surface area contributed by atoms with Crippen molar-refractivity contribution in [2.75, 3.05) is 20.3 Å². The van der Waals surface area contributed by atoms with Crippen molar-refractivity contribution in [1.82, 2.24) is 0 Å². The van der Waals surface area contributed by atoms with Crippen LogP contribution in [0.1, 0.15) is 33.6 Å². The first kappa shape index (κ1) is 33.7. The quantitative estimate of drug-likeness (QED) is 0.176. The minimum absolute atomic E-state index is 0.362. The molecule has 2 aromatic carbocycles. The summed E-state index contributed by atoms with van der Waals surface area (Å²) < 4.78 is 29.9. The van der Waals surface area contributed by atoms with E-state index in [4.69, 9.17) is 30.1 Å². The summed E-state index contributed by atoms with van der Waals surface area (Å²) in [5.74, 6) is -0.656. The van der Waals surface area contributed by atoms with Gasteiger partial charge in [-0.1, -0.05) is 81.4 Å². The molecule has 7 N–H and O–H groups in total. The van der Waals surface area contributed by atoms with Crippen molar-refractivity contribution >= 4 is 24.7 Å². The zero-order chi connectivity index (χ0) is 31.4. The molecule has 1 saturated heterocycles. The fourth-order valence-corrected chi connectivity index (χ4v) is 10.9. The first-order valence-corrected chi connectivity index (χ1v) is 16.6. The topological polar surface area (TPSA) is 176 Å². The monoisotopic (exact) mass is 618 g/mol. The van der Waals surface area contributed by atoms with E-state index >= 15 is 0 Å². The molecule has 1 aliphatic carbocycles. The van der Waals surface area contributed by atoms with E-state index in [0.717, 1.165) is 10.4 Å². The molecule has 2 aliphatic rings. The number of hydrogen-bond donors (Lipinski definition) is 5. The molecule has 0 aromatic heterocycles. The summed E-state index contributed by atoms with van der Waals surface area (Å²) in [4.78, 5) is 11.7. The Morgan fingerprint density at radius 1 is 0.953 bits per heavy atom. The van der Waals surface area contributed by atoms with Crippen LogP contribution in [0.3, 0.4) is 0 Å². The van der Waals surface area contributed by atoms with Crippen LogP contribution in [0.25, 0.3) is 0 Å². The third-order valence-corrected chi connectivity index (χ3v) is 13.5. The number of aliphatic hydroxyl groups excluding tert-OH is 3. The van der Waals surface area contributed by atoms with E-state index in [0.29, 0.717) is 12.8 Å². The molecule has 9 atom stereocenters. The van der Waals surface area contributed by atoms with Crippen LogP contribution in [0.5, 0.6) is 0 Å². The van der Waals surface area contributed by atoms with Crippen molar-refractivity contribution in [3.05, 3.63) is 60.7 Å². The molecule has 12 heteroatoms. The lowest BCUT2D eigenvalue weighted by Gasteiger charge is -2.51. The second-order valence-electron chi connectivity index (χ2n) is 12.3. The van der Waals surface area contributed by atoms with Gasteiger partial charge in [0.05, 0.1) is 32.0 Å². The fraction of sp³-hybridized carbons (Fsp3) is 0.581. The van der Waals surface area contributed by atoms with Crippen LogP contribution in [0.2, 0.25) is 5.04 Å². The summed E-state index contributed by atoms with van der Waals surface area (Å²) in [5.41, 5.74) is 13.2. The molecule has 0 radical (unpaired) electrons. The van der Waals surface area contributed by atoms with Crippen LogP contribution in [0.4, 0.5) is 0 Å². The van der Waals surface area contributed by atoms with Crippen molar-refractivity contribution in [2.45, 2.75) is 93.6 Å². The van der Waals surface area contributed by atoms with Crippen molar-refractivity contribution in [1.29, 1.82) is 0 Å². The van der Waals surface area contributed by atoms with Gasteiger partial charge in [0.15, 0.2) is 6.29 Å². The fourth-order valence-electron chi connectivity index (χ4n) is 6.17. The zero-order valence-corrected chi connectivity index (χ0v) is 26.2. The minimum atomic E-state index is -3.11. The highest BCUT2D eigenvalue weighted by Crippen LogP contribution is 2.40. The lowest BCUT2D eigenvalue weighted by molar-refractivity contribution is -0.301. The summed E-state index contributed by atoms with van der Waals surface area (Å²) in [6.45, 7) is 5.43. The maximum atomic E-state index is 11.7. The first-order valence-electron chi connectivity index (χ1n) is 14.7. The van der Waals surface area contributed by atoms with E-state index in [1.807, 2.05) is 36.4 Å². The van der Waals surface area contributed by atoms with E-state index in [2.05, 4.69) is 49.8 Å². The van der Waals surface area contributed by atoms with E-state index < -0.39 is 82.5 Å². The van der Waals surface area contributed by atoms with E-state index in [1.54, 1.807) is 0 Å². The number of hydrogen-bond acceptors (Lipinski definition) is 11. The third-order valence-electron chi connectivity index (χ3n) is 8.46. The largest absolute Gasteiger partial charge is 0.467 e.